The van der Waals surface area contributed by atoms with Crippen LogP contribution in [0.5, 0.6) is 0 Å². The zero-order chi connectivity index (χ0) is 18.6. The molecule has 8 nitrogen and oxygen atoms in total. The standard InChI is InChI=1S/C17H20N2O6/c1-9(2)13(15(20)19-17(18)22)25-16(21)14-11(8-23-3)10-6-4-5-7-12(10)24-14/h4-7,9,13H,8H2,1-3H3,(H3,18,19,20,22). The molecule has 134 valence electrons. The molecule has 3 amide bonds. The number of nitrogens with one attached hydrogen (secondary N) is 1. The fourth-order valence-electron chi connectivity index (χ4n) is 2.41. The lowest BCUT2D eigenvalue weighted by Crippen LogP contribution is -2.45. The average Bonchev–Trinajstić information content (AvgIpc) is 2.90. The van der Waals surface area contributed by atoms with Gasteiger partial charge in [0.1, 0.15) is 5.58 Å². The number of carbonyl (C=O) groups excluding carboxylic acids is 3. The highest BCUT2D eigenvalue weighted by Crippen LogP contribution is 2.27. The molecule has 1 unspecified atom stereocenters. The number of imide groups is 1. The van der Waals surface area contributed by atoms with Crippen LogP contribution in [0.25, 0.3) is 11.0 Å². The van der Waals surface area contributed by atoms with E-state index in [2.05, 4.69) is 0 Å². The maximum absolute atomic E-state index is 12.5. The van der Waals surface area contributed by atoms with Crippen LogP contribution in [0.4, 0.5) is 4.79 Å². The Balaban J connectivity index is 2.32. The Kier molecular flexibility index (Phi) is 5.76. The topological polar surface area (TPSA) is 121 Å². The summed E-state index contributed by atoms with van der Waals surface area (Å²) in [5, 5.41) is 2.64. The van der Waals surface area contributed by atoms with Gasteiger partial charge in [0.25, 0.3) is 5.91 Å². The summed E-state index contributed by atoms with van der Waals surface area (Å²) in [6, 6.07) is 6.07. The molecule has 0 fully saturated rings. The lowest BCUT2D eigenvalue weighted by atomic mass is 10.1. The number of amides is 3. The molecule has 0 saturated heterocycles. The lowest BCUT2D eigenvalue weighted by Gasteiger charge is -2.19. The second-order valence-electron chi connectivity index (χ2n) is 5.76. The summed E-state index contributed by atoms with van der Waals surface area (Å²) >= 11 is 0. The van der Waals surface area contributed by atoms with Crippen LogP contribution in [0.2, 0.25) is 0 Å². The summed E-state index contributed by atoms with van der Waals surface area (Å²) in [4.78, 5) is 35.4. The van der Waals surface area contributed by atoms with E-state index in [1.807, 2.05) is 11.4 Å². The van der Waals surface area contributed by atoms with Crippen LogP contribution < -0.4 is 11.1 Å². The Hall–Kier alpha value is -2.87. The summed E-state index contributed by atoms with van der Waals surface area (Å²) in [7, 11) is 1.49. The first-order valence-corrected chi connectivity index (χ1v) is 7.65. The molecule has 8 heteroatoms. The van der Waals surface area contributed by atoms with Crippen molar-refractivity contribution >= 4 is 28.9 Å². The molecule has 0 saturated carbocycles. The van der Waals surface area contributed by atoms with Gasteiger partial charge >= 0.3 is 12.0 Å². The number of hydrogen-bond donors (Lipinski definition) is 2. The number of methoxy groups -OCH3 is 1. The minimum absolute atomic E-state index is 0.0411. The second-order valence-corrected chi connectivity index (χ2v) is 5.76. The number of hydrogen-bond acceptors (Lipinski definition) is 6. The maximum atomic E-state index is 12.5. The molecule has 1 aromatic carbocycles. The zero-order valence-electron chi connectivity index (χ0n) is 14.2. The molecule has 2 rings (SSSR count). The number of esters is 1. The molecular formula is C17H20N2O6. The van der Waals surface area contributed by atoms with Gasteiger partial charge < -0.3 is 19.6 Å². The van der Waals surface area contributed by atoms with Crippen molar-refractivity contribution in [3.63, 3.8) is 0 Å². The van der Waals surface area contributed by atoms with Crippen molar-refractivity contribution in [2.75, 3.05) is 7.11 Å². The van der Waals surface area contributed by atoms with Crippen LogP contribution in [0, 0.1) is 5.92 Å². The Morgan fingerprint density at radius 1 is 1.24 bits per heavy atom. The second kappa shape index (κ2) is 7.80. The van der Waals surface area contributed by atoms with Gasteiger partial charge in [0.2, 0.25) is 5.76 Å². The predicted molar refractivity (Wildman–Crippen MR) is 88.7 cm³/mol. The number of rotatable bonds is 6. The number of fused-ring (bicyclic) bond motifs is 1. The monoisotopic (exact) mass is 348 g/mol. The number of nitrogens with two attached hydrogens (primary N) is 1. The summed E-state index contributed by atoms with van der Waals surface area (Å²) in [6.45, 7) is 3.49. The molecule has 1 atom stereocenters. The highest BCUT2D eigenvalue weighted by molar-refractivity contribution is 6.00. The van der Waals surface area contributed by atoms with E-state index in [1.54, 1.807) is 32.0 Å². The fourth-order valence-corrected chi connectivity index (χ4v) is 2.41. The third-order valence-electron chi connectivity index (χ3n) is 3.52. The van der Waals surface area contributed by atoms with Crippen LogP contribution in [-0.2, 0) is 20.9 Å². The van der Waals surface area contributed by atoms with Gasteiger partial charge in [0, 0.05) is 18.1 Å². The third kappa shape index (κ3) is 4.16. The molecule has 0 aliphatic rings. The van der Waals surface area contributed by atoms with Crippen LogP contribution >= 0.6 is 0 Å². The molecule has 3 N–H and O–H groups in total. The minimum atomic E-state index is -1.19. The number of urea groups is 1. The van der Waals surface area contributed by atoms with E-state index < -0.39 is 24.0 Å². The Morgan fingerprint density at radius 3 is 2.52 bits per heavy atom. The quantitative estimate of drug-likeness (QED) is 0.770. The van der Waals surface area contributed by atoms with Crippen molar-refractivity contribution in [2.24, 2.45) is 11.7 Å². The van der Waals surface area contributed by atoms with Crippen LogP contribution in [-0.4, -0.2) is 31.1 Å². The number of carbonyl (C=O) groups is 3. The SMILES string of the molecule is COCc1c(C(=O)OC(C(=O)NC(N)=O)C(C)C)oc2ccccc12. The Morgan fingerprint density at radius 2 is 1.92 bits per heavy atom. The first-order valence-electron chi connectivity index (χ1n) is 7.65. The van der Waals surface area contributed by atoms with Gasteiger partial charge in [-0.15, -0.1) is 0 Å². The zero-order valence-corrected chi connectivity index (χ0v) is 14.2. The number of primary amides is 1. The molecule has 0 aliphatic carbocycles. The smallest absolute Gasteiger partial charge is 0.375 e. The first kappa shape index (κ1) is 18.5. The van der Waals surface area contributed by atoms with Crippen molar-refractivity contribution in [1.29, 1.82) is 0 Å². The number of furan rings is 1. The molecular weight excluding hydrogens is 328 g/mol. The Labute approximate surface area is 144 Å². The molecule has 1 heterocycles. The molecule has 1 aromatic heterocycles. The highest BCUT2D eigenvalue weighted by Gasteiger charge is 2.31. The molecule has 0 aliphatic heterocycles. The van der Waals surface area contributed by atoms with Gasteiger partial charge in [-0.25, -0.2) is 9.59 Å². The molecule has 0 spiro atoms. The van der Waals surface area contributed by atoms with E-state index in [1.165, 1.54) is 7.11 Å². The van der Waals surface area contributed by atoms with E-state index in [0.29, 0.717) is 11.1 Å². The molecule has 0 bridgehead atoms. The predicted octanol–water partition coefficient (Wildman–Crippen LogP) is 1.96. The van der Waals surface area contributed by atoms with Crippen LogP contribution in [0.15, 0.2) is 28.7 Å². The van der Waals surface area contributed by atoms with E-state index >= 15 is 0 Å². The van der Waals surface area contributed by atoms with Crippen molar-refractivity contribution in [2.45, 2.75) is 26.6 Å². The van der Waals surface area contributed by atoms with Gasteiger partial charge in [-0.2, -0.15) is 0 Å². The minimum Gasteiger partial charge on any atom is -0.449 e. The summed E-state index contributed by atoms with van der Waals surface area (Å²) in [6.07, 6.45) is -1.19. The number of benzene rings is 1. The molecule has 0 radical (unpaired) electrons. The van der Waals surface area contributed by atoms with Gasteiger partial charge in [-0.05, 0) is 12.0 Å². The fraction of sp³-hybridized carbons (Fsp3) is 0.353. The van der Waals surface area contributed by atoms with Gasteiger partial charge in [0.15, 0.2) is 6.10 Å². The van der Waals surface area contributed by atoms with E-state index in [9.17, 15) is 14.4 Å². The van der Waals surface area contributed by atoms with Crippen molar-refractivity contribution in [3.05, 3.63) is 35.6 Å². The molecule has 25 heavy (non-hydrogen) atoms. The van der Waals surface area contributed by atoms with Gasteiger partial charge in [-0.3, -0.25) is 10.1 Å². The number of para-hydroxylation sites is 1. The van der Waals surface area contributed by atoms with Gasteiger partial charge in [0.05, 0.1) is 6.61 Å². The number of ether oxygens (including phenoxy) is 2. The van der Waals surface area contributed by atoms with Crippen LogP contribution in [0.3, 0.4) is 0 Å². The largest absolute Gasteiger partial charge is 0.449 e. The van der Waals surface area contributed by atoms with E-state index in [0.717, 1.165) is 5.39 Å². The third-order valence-corrected chi connectivity index (χ3v) is 3.52. The van der Waals surface area contributed by atoms with Gasteiger partial charge in [-0.1, -0.05) is 32.0 Å². The van der Waals surface area contributed by atoms with Crippen molar-refractivity contribution in [3.8, 4) is 0 Å². The van der Waals surface area contributed by atoms with Crippen molar-refractivity contribution < 1.29 is 28.3 Å². The maximum Gasteiger partial charge on any atom is 0.375 e. The van der Waals surface area contributed by atoms with E-state index in [-0.39, 0.29) is 18.3 Å². The normalized spacial score (nSPS) is 12.2. The van der Waals surface area contributed by atoms with Crippen LogP contribution in [0.1, 0.15) is 30.0 Å². The van der Waals surface area contributed by atoms with E-state index in [4.69, 9.17) is 19.6 Å². The summed E-state index contributed by atoms with van der Waals surface area (Å²) in [5.41, 5.74) is 5.97. The Bertz CT molecular complexity index is 796. The average molecular weight is 348 g/mol. The summed E-state index contributed by atoms with van der Waals surface area (Å²) in [5.74, 6) is -2.03. The summed E-state index contributed by atoms with van der Waals surface area (Å²) < 4.78 is 16.0. The lowest BCUT2D eigenvalue weighted by molar-refractivity contribution is -0.131. The first-order chi connectivity index (χ1) is 11.8. The highest BCUT2D eigenvalue weighted by atomic mass is 16.6. The molecule has 2 aromatic rings. The van der Waals surface area contributed by atoms with Crippen molar-refractivity contribution in [1.82, 2.24) is 5.32 Å².